The Balaban J connectivity index is 1.83. The van der Waals surface area contributed by atoms with E-state index in [-0.39, 0.29) is 5.91 Å². The van der Waals surface area contributed by atoms with Gasteiger partial charge in [-0.2, -0.15) is 0 Å². The predicted molar refractivity (Wildman–Crippen MR) is 88.3 cm³/mol. The maximum absolute atomic E-state index is 12.9. The lowest BCUT2D eigenvalue weighted by molar-refractivity contribution is 0.0735. The highest BCUT2D eigenvalue weighted by Crippen LogP contribution is 2.22. The van der Waals surface area contributed by atoms with Gasteiger partial charge in [0.15, 0.2) is 11.4 Å². The number of aromatic nitrogens is 1. The standard InChI is InChI=1S/C18H21N3O2/c19-9-12-23-16-8-3-10-20-17(16)18(22)21-11-4-7-14-5-1-2-6-15(14)13-21/h1-3,5-6,8,10H,4,7,9,11-13,19H2. The third kappa shape index (κ3) is 3.51. The first-order valence-corrected chi connectivity index (χ1v) is 7.93. The fraction of sp³-hybridized carbons (Fsp3) is 0.333. The third-order valence-corrected chi connectivity index (χ3v) is 3.99. The average Bonchev–Trinajstić information content (AvgIpc) is 2.82. The van der Waals surface area contributed by atoms with E-state index in [4.69, 9.17) is 10.5 Å². The Hall–Kier alpha value is -2.40. The molecule has 0 atom stereocenters. The summed E-state index contributed by atoms with van der Waals surface area (Å²) in [7, 11) is 0. The van der Waals surface area contributed by atoms with Crippen molar-refractivity contribution in [3.8, 4) is 5.75 Å². The molecule has 5 nitrogen and oxygen atoms in total. The molecule has 2 aromatic rings. The van der Waals surface area contributed by atoms with Crippen LogP contribution in [-0.4, -0.2) is 35.5 Å². The SMILES string of the molecule is NCCOc1cccnc1C(=O)N1CCCc2ccccc2C1. The molecular weight excluding hydrogens is 290 g/mol. The molecule has 0 unspecified atom stereocenters. The Kier molecular flexibility index (Phi) is 4.88. The van der Waals surface area contributed by atoms with Gasteiger partial charge in [0.2, 0.25) is 0 Å². The van der Waals surface area contributed by atoms with Crippen LogP contribution < -0.4 is 10.5 Å². The number of hydrogen-bond donors (Lipinski definition) is 1. The van der Waals surface area contributed by atoms with Crippen molar-refractivity contribution < 1.29 is 9.53 Å². The minimum atomic E-state index is -0.0886. The van der Waals surface area contributed by atoms with Crippen LogP contribution in [0.2, 0.25) is 0 Å². The molecule has 3 rings (SSSR count). The summed E-state index contributed by atoms with van der Waals surface area (Å²) in [6, 6.07) is 11.8. The van der Waals surface area contributed by atoms with Crippen LogP contribution >= 0.6 is 0 Å². The summed E-state index contributed by atoms with van der Waals surface area (Å²) in [6.45, 7) is 2.11. The molecule has 0 saturated heterocycles. The van der Waals surface area contributed by atoms with Crippen molar-refractivity contribution in [2.45, 2.75) is 19.4 Å². The van der Waals surface area contributed by atoms with Gasteiger partial charge in [0.25, 0.3) is 5.91 Å². The largest absolute Gasteiger partial charge is 0.490 e. The van der Waals surface area contributed by atoms with Crippen LogP contribution in [0.3, 0.4) is 0 Å². The van der Waals surface area contributed by atoms with Crippen LogP contribution in [0.25, 0.3) is 0 Å². The summed E-state index contributed by atoms with van der Waals surface area (Å²) < 4.78 is 5.56. The molecule has 0 aliphatic carbocycles. The summed E-state index contributed by atoms with van der Waals surface area (Å²) in [6.07, 6.45) is 3.57. The molecular formula is C18H21N3O2. The summed E-state index contributed by atoms with van der Waals surface area (Å²) in [4.78, 5) is 19.0. The van der Waals surface area contributed by atoms with Gasteiger partial charge in [0, 0.05) is 25.8 Å². The van der Waals surface area contributed by atoms with Gasteiger partial charge in [-0.1, -0.05) is 24.3 Å². The number of benzene rings is 1. The monoisotopic (exact) mass is 311 g/mol. The van der Waals surface area contributed by atoms with Gasteiger partial charge in [-0.15, -0.1) is 0 Å². The second-order valence-corrected chi connectivity index (χ2v) is 5.59. The van der Waals surface area contributed by atoms with Gasteiger partial charge in [0.05, 0.1) is 0 Å². The fourth-order valence-corrected chi connectivity index (χ4v) is 2.86. The molecule has 2 heterocycles. The molecule has 2 N–H and O–H groups in total. The lowest BCUT2D eigenvalue weighted by Gasteiger charge is -2.21. The molecule has 0 saturated carbocycles. The van der Waals surface area contributed by atoms with Crippen LogP contribution in [0, 0.1) is 0 Å². The number of nitrogens with zero attached hydrogens (tertiary/aromatic N) is 2. The molecule has 0 bridgehead atoms. The van der Waals surface area contributed by atoms with E-state index in [1.54, 1.807) is 18.3 Å². The summed E-state index contributed by atoms with van der Waals surface area (Å²) >= 11 is 0. The van der Waals surface area contributed by atoms with Gasteiger partial charge >= 0.3 is 0 Å². The molecule has 1 aliphatic heterocycles. The van der Waals surface area contributed by atoms with Gasteiger partial charge in [-0.3, -0.25) is 4.79 Å². The van der Waals surface area contributed by atoms with E-state index in [1.807, 2.05) is 17.0 Å². The van der Waals surface area contributed by atoms with Gasteiger partial charge < -0.3 is 15.4 Å². The molecule has 1 aromatic heterocycles. The first-order chi connectivity index (χ1) is 11.3. The molecule has 0 fully saturated rings. The number of carbonyl (C=O) groups is 1. The number of carbonyl (C=O) groups excluding carboxylic acids is 1. The Morgan fingerprint density at radius 2 is 2.04 bits per heavy atom. The number of nitrogens with two attached hydrogens (primary N) is 1. The number of hydrogen-bond acceptors (Lipinski definition) is 4. The fourth-order valence-electron chi connectivity index (χ4n) is 2.86. The minimum absolute atomic E-state index is 0.0886. The first-order valence-electron chi connectivity index (χ1n) is 7.93. The topological polar surface area (TPSA) is 68.5 Å². The maximum atomic E-state index is 12.9. The van der Waals surface area contributed by atoms with Gasteiger partial charge in [-0.25, -0.2) is 4.98 Å². The van der Waals surface area contributed by atoms with Crippen LogP contribution in [0.15, 0.2) is 42.6 Å². The maximum Gasteiger partial charge on any atom is 0.276 e. The summed E-state index contributed by atoms with van der Waals surface area (Å²) in [5, 5.41) is 0. The lowest BCUT2D eigenvalue weighted by Crippen LogP contribution is -2.31. The Morgan fingerprint density at radius 3 is 2.87 bits per heavy atom. The third-order valence-electron chi connectivity index (χ3n) is 3.99. The molecule has 120 valence electrons. The average molecular weight is 311 g/mol. The summed E-state index contributed by atoms with van der Waals surface area (Å²) in [5.74, 6) is 0.412. The van der Waals surface area contributed by atoms with E-state index in [0.717, 1.165) is 19.4 Å². The predicted octanol–water partition coefficient (Wildman–Crippen LogP) is 2.01. The van der Waals surface area contributed by atoms with Crippen molar-refractivity contribution in [1.82, 2.24) is 9.88 Å². The quantitative estimate of drug-likeness (QED) is 0.938. The van der Waals surface area contributed by atoms with Crippen LogP contribution in [-0.2, 0) is 13.0 Å². The molecule has 5 heteroatoms. The van der Waals surface area contributed by atoms with Crippen molar-refractivity contribution in [3.63, 3.8) is 0 Å². The lowest BCUT2D eigenvalue weighted by atomic mass is 10.0. The van der Waals surface area contributed by atoms with Crippen molar-refractivity contribution in [2.75, 3.05) is 19.7 Å². The number of rotatable bonds is 4. The zero-order chi connectivity index (χ0) is 16.1. The molecule has 1 amide bonds. The molecule has 1 aromatic carbocycles. The molecule has 23 heavy (non-hydrogen) atoms. The highest BCUT2D eigenvalue weighted by atomic mass is 16.5. The highest BCUT2D eigenvalue weighted by molar-refractivity contribution is 5.95. The van der Waals surface area contributed by atoms with Crippen LogP contribution in [0.4, 0.5) is 0 Å². The summed E-state index contributed by atoms with van der Waals surface area (Å²) in [5.41, 5.74) is 8.37. The Bertz CT molecular complexity index is 687. The normalized spacial score (nSPS) is 14.0. The van der Waals surface area contributed by atoms with Crippen molar-refractivity contribution >= 4 is 5.91 Å². The number of aryl methyl sites for hydroxylation is 1. The van der Waals surface area contributed by atoms with Crippen molar-refractivity contribution in [2.24, 2.45) is 5.73 Å². The van der Waals surface area contributed by atoms with E-state index < -0.39 is 0 Å². The smallest absolute Gasteiger partial charge is 0.276 e. The van der Waals surface area contributed by atoms with E-state index in [1.165, 1.54) is 11.1 Å². The van der Waals surface area contributed by atoms with Gasteiger partial charge in [0.1, 0.15) is 6.61 Å². The molecule has 1 aliphatic rings. The van der Waals surface area contributed by atoms with Crippen molar-refractivity contribution in [3.05, 3.63) is 59.4 Å². The van der Waals surface area contributed by atoms with Gasteiger partial charge in [-0.05, 0) is 36.1 Å². The zero-order valence-electron chi connectivity index (χ0n) is 13.1. The molecule has 0 spiro atoms. The second kappa shape index (κ2) is 7.24. The zero-order valence-corrected chi connectivity index (χ0v) is 13.1. The minimum Gasteiger partial charge on any atom is -0.490 e. The highest BCUT2D eigenvalue weighted by Gasteiger charge is 2.23. The second-order valence-electron chi connectivity index (χ2n) is 5.59. The van der Waals surface area contributed by atoms with E-state index in [9.17, 15) is 4.79 Å². The Labute approximate surface area is 136 Å². The van der Waals surface area contributed by atoms with E-state index >= 15 is 0 Å². The van der Waals surface area contributed by atoms with Crippen LogP contribution in [0.5, 0.6) is 5.75 Å². The Morgan fingerprint density at radius 1 is 1.22 bits per heavy atom. The van der Waals surface area contributed by atoms with Crippen molar-refractivity contribution in [1.29, 1.82) is 0 Å². The molecule has 0 radical (unpaired) electrons. The number of amides is 1. The first kappa shape index (κ1) is 15.5. The van der Waals surface area contributed by atoms with E-state index in [2.05, 4.69) is 17.1 Å². The number of fused-ring (bicyclic) bond motifs is 1. The number of pyridine rings is 1. The van der Waals surface area contributed by atoms with Crippen LogP contribution in [0.1, 0.15) is 28.0 Å². The van der Waals surface area contributed by atoms with E-state index in [0.29, 0.717) is 31.1 Å². The number of ether oxygens (including phenoxy) is 1.